The van der Waals surface area contributed by atoms with Crippen molar-refractivity contribution in [2.24, 2.45) is 10.9 Å². The monoisotopic (exact) mass is 363 g/mol. The molecule has 3 nitrogen and oxygen atoms in total. The van der Waals surface area contributed by atoms with E-state index in [1.54, 1.807) is 0 Å². The molecule has 1 aliphatic rings. The summed E-state index contributed by atoms with van der Waals surface area (Å²) in [6, 6.07) is 8.26. The van der Waals surface area contributed by atoms with Crippen molar-refractivity contribution in [3.8, 4) is 0 Å². The molecule has 0 bridgehead atoms. The molecule has 2 aromatic rings. The predicted molar refractivity (Wildman–Crippen MR) is 96.2 cm³/mol. The van der Waals surface area contributed by atoms with Crippen molar-refractivity contribution in [3.05, 3.63) is 34.9 Å². The highest BCUT2D eigenvalue weighted by Crippen LogP contribution is 2.29. The van der Waals surface area contributed by atoms with Gasteiger partial charge in [0.1, 0.15) is 0 Å². The van der Waals surface area contributed by atoms with E-state index in [1.807, 2.05) is 24.0 Å². The summed E-state index contributed by atoms with van der Waals surface area (Å²) in [6.45, 7) is 5.44. The van der Waals surface area contributed by atoms with E-state index in [2.05, 4.69) is 63.3 Å². The number of hydrogen-bond acceptors (Lipinski definition) is 4. The number of para-hydroxylation sites is 1. The lowest BCUT2D eigenvalue weighted by Crippen LogP contribution is -2.10. The number of nitrogens with zero attached hydrogens (tertiary/aromatic N) is 2. The van der Waals surface area contributed by atoms with E-state index in [9.17, 15) is 0 Å². The molecule has 0 fully saturated rings. The number of amidine groups is 1. The average Bonchev–Trinajstić information content (AvgIpc) is 2.85. The van der Waals surface area contributed by atoms with Crippen LogP contribution in [-0.4, -0.2) is 21.9 Å². The van der Waals surface area contributed by atoms with Crippen LogP contribution in [0.4, 0.5) is 5.69 Å². The van der Waals surface area contributed by atoms with Crippen LogP contribution in [0.1, 0.15) is 20.3 Å². The average molecular weight is 364 g/mol. The van der Waals surface area contributed by atoms with Crippen LogP contribution in [0.3, 0.4) is 0 Å². The molecule has 0 spiro atoms. The Balaban J connectivity index is 1.77. The van der Waals surface area contributed by atoms with Crippen molar-refractivity contribution in [2.75, 3.05) is 11.9 Å². The minimum absolute atomic E-state index is 0.601. The van der Waals surface area contributed by atoms with Crippen LogP contribution >= 0.6 is 27.7 Å². The van der Waals surface area contributed by atoms with Gasteiger partial charge in [0.2, 0.25) is 0 Å². The summed E-state index contributed by atoms with van der Waals surface area (Å²) >= 11 is 5.31. The molecular weight excluding hydrogens is 346 g/mol. The highest BCUT2D eigenvalue weighted by molar-refractivity contribution is 9.10. The van der Waals surface area contributed by atoms with Crippen LogP contribution in [0, 0.1) is 5.92 Å². The quantitative estimate of drug-likeness (QED) is 0.839. The summed E-state index contributed by atoms with van der Waals surface area (Å²) in [5.74, 6) is 0.716. The van der Waals surface area contributed by atoms with E-state index in [0.29, 0.717) is 11.2 Å². The van der Waals surface area contributed by atoms with Gasteiger partial charge < -0.3 is 5.32 Å². The molecule has 0 aliphatic carbocycles. The van der Waals surface area contributed by atoms with E-state index in [-0.39, 0.29) is 0 Å². The molecule has 5 heteroatoms. The summed E-state index contributed by atoms with van der Waals surface area (Å²) in [7, 11) is 0. The zero-order chi connectivity index (χ0) is 14.8. The molecule has 21 heavy (non-hydrogen) atoms. The third kappa shape index (κ3) is 3.58. The summed E-state index contributed by atoms with van der Waals surface area (Å²) in [5, 5.41) is 6.18. The van der Waals surface area contributed by atoms with Crippen molar-refractivity contribution in [1.82, 2.24) is 4.98 Å². The van der Waals surface area contributed by atoms with Crippen molar-refractivity contribution >= 4 is 49.4 Å². The van der Waals surface area contributed by atoms with Gasteiger partial charge in [0.05, 0.1) is 17.7 Å². The standard InChI is InChI=1S/C16H18BrN3S/c1-10(2)6-13-9-19-16(21-13)20-14-5-3-4-11-7-12(17)8-18-15(11)14/h3-5,7-8,10,13H,6,9H2,1-2H3,(H,19,20). The molecule has 1 aromatic heterocycles. The van der Waals surface area contributed by atoms with Crippen molar-refractivity contribution in [1.29, 1.82) is 0 Å². The lowest BCUT2D eigenvalue weighted by atomic mass is 10.1. The van der Waals surface area contributed by atoms with Crippen LogP contribution in [0.15, 0.2) is 39.9 Å². The Morgan fingerprint density at radius 3 is 3.10 bits per heavy atom. The fraction of sp³-hybridized carbons (Fsp3) is 0.375. The number of aromatic nitrogens is 1. The van der Waals surface area contributed by atoms with Gasteiger partial charge in [0.15, 0.2) is 5.17 Å². The molecule has 1 aliphatic heterocycles. The normalized spacial score (nSPS) is 18.3. The van der Waals surface area contributed by atoms with Gasteiger partial charge in [-0.25, -0.2) is 0 Å². The summed E-state index contributed by atoms with van der Waals surface area (Å²) in [6.07, 6.45) is 3.04. The maximum absolute atomic E-state index is 4.62. The van der Waals surface area contributed by atoms with Gasteiger partial charge in [-0.15, -0.1) is 0 Å². The molecule has 0 saturated carbocycles. The number of rotatable bonds is 3. The van der Waals surface area contributed by atoms with E-state index < -0.39 is 0 Å². The summed E-state index contributed by atoms with van der Waals surface area (Å²) in [4.78, 5) is 9.14. The number of aliphatic imine (C=N–C) groups is 1. The number of hydrogen-bond donors (Lipinski definition) is 1. The van der Waals surface area contributed by atoms with E-state index in [0.717, 1.165) is 32.8 Å². The van der Waals surface area contributed by atoms with Crippen molar-refractivity contribution < 1.29 is 0 Å². The molecule has 1 unspecified atom stereocenters. The zero-order valence-corrected chi connectivity index (χ0v) is 14.5. The second-order valence-electron chi connectivity index (χ2n) is 5.67. The second kappa shape index (κ2) is 6.36. The lowest BCUT2D eigenvalue weighted by Gasteiger charge is -2.12. The van der Waals surface area contributed by atoms with Gasteiger partial charge in [0.25, 0.3) is 0 Å². The Morgan fingerprint density at radius 2 is 2.29 bits per heavy atom. The summed E-state index contributed by atoms with van der Waals surface area (Å²) < 4.78 is 0.997. The number of halogens is 1. The van der Waals surface area contributed by atoms with Gasteiger partial charge in [-0.1, -0.05) is 37.7 Å². The first kappa shape index (κ1) is 14.9. The molecular formula is C16H18BrN3S. The second-order valence-corrected chi connectivity index (χ2v) is 7.88. The summed E-state index contributed by atoms with van der Waals surface area (Å²) in [5.41, 5.74) is 2.01. The predicted octanol–water partition coefficient (Wildman–Crippen LogP) is 4.93. The molecule has 0 amide bonds. The van der Waals surface area contributed by atoms with Gasteiger partial charge in [-0.3, -0.25) is 9.98 Å². The maximum atomic E-state index is 4.62. The van der Waals surface area contributed by atoms with E-state index in [4.69, 9.17) is 0 Å². The smallest absolute Gasteiger partial charge is 0.161 e. The molecule has 1 atom stereocenters. The van der Waals surface area contributed by atoms with Crippen molar-refractivity contribution in [3.63, 3.8) is 0 Å². The van der Waals surface area contributed by atoms with Gasteiger partial charge in [-0.05, 0) is 40.4 Å². The molecule has 1 aromatic carbocycles. The first-order chi connectivity index (χ1) is 10.1. The number of fused-ring (bicyclic) bond motifs is 1. The molecule has 1 N–H and O–H groups in total. The first-order valence-electron chi connectivity index (χ1n) is 7.14. The Morgan fingerprint density at radius 1 is 1.43 bits per heavy atom. The lowest BCUT2D eigenvalue weighted by molar-refractivity contribution is 0.575. The number of benzene rings is 1. The first-order valence-corrected chi connectivity index (χ1v) is 8.81. The topological polar surface area (TPSA) is 37.3 Å². The number of anilines is 1. The third-order valence-electron chi connectivity index (χ3n) is 3.37. The zero-order valence-electron chi connectivity index (χ0n) is 12.1. The minimum Gasteiger partial charge on any atom is -0.333 e. The van der Waals surface area contributed by atoms with Crippen LogP contribution in [-0.2, 0) is 0 Å². The Hall–Kier alpha value is -1.07. The van der Waals surface area contributed by atoms with Crippen LogP contribution in [0.25, 0.3) is 10.9 Å². The molecule has 110 valence electrons. The Labute approximate surface area is 137 Å². The van der Waals surface area contributed by atoms with Crippen LogP contribution in [0.5, 0.6) is 0 Å². The Kier molecular flexibility index (Phi) is 4.50. The fourth-order valence-electron chi connectivity index (χ4n) is 2.48. The largest absolute Gasteiger partial charge is 0.333 e. The Bertz CT molecular complexity index is 684. The van der Waals surface area contributed by atoms with Gasteiger partial charge in [-0.2, -0.15) is 0 Å². The fourth-order valence-corrected chi connectivity index (χ4v) is 4.10. The van der Waals surface area contributed by atoms with Crippen molar-refractivity contribution in [2.45, 2.75) is 25.5 Å². The molecule has 0 radical (unpaired) electrons. The number of nitrogens with one attached hydrogen (secondary N) is 1. The highest BCUT2D eigenvalue weighted by atomic mass is 79.9. The maximum Gasteiger partial charge on any atom is 0.161 e. The van der Waals surface area contributed by atoms with Crippen LogP contribution < -0.4 is 5.32 Å². The van der Waals surface area contributed by atoms with Gasteiger partial charge >= 0.3 is 0 Å². The highest BCUT2D eigenvalue weighted by Gasteiger charge is 2.21. The van der Waals surface area contributed by atoms with E-state index in [1.165, 1.54) is 6.42 Å². The third-order valence-corrected chi connectivity index (χ3v) is 4.93. The minimum atomic E-state index is 0.601. The number of thioether (sulfide) groups is 1. The van der Waals surface area contributed by atoms with E-state index >= 15 is 0 Å². The van der Waals surface area contributed by atoms with Crippen LogP contribution in [0.2, 0.25) is 0 Å². The number of pyridine rings is 1. The molecule has 3 rings (SSSR count). The van der Waals surface area contributed by atoms with Gasteiger partial charge in [0, 0.05) is 21.3 Å². The molecule has 0 saturated heterocycles. The SMILES string of the molecule is CC(C)CC1CN=C(Nc2cccc3cc(Br)cnc23)S1. The molecule has 2 heterocycles.